The van der Waals surface area contributed by atoms with E-state index in [0.717, 1.165) is 5.56 Å². The number of carbonyl (C=O) groups excluding carboxylic acids is 3. The van der Waals surface area contributed by atoms with Crippen molar-refractivity contribution < 1.29 is 23.2 Å². The number of anilines is 2. The van der Waals surface area contributed by atoms with Crippen LogP contribution in [0, 0.1) is 11.3 Å². The average Bonchev–Trinajstić information content (AvgIpc) is 3.69. The number of H-pyrrole nitrogens is 1. The Balaban J connectivity index is 1.41. The van der Waals surface area contributed by atoms with Crippen molar-refractivity contribution in [3.05, 3.63) is 95.4 Å². The minimum Gasteiger partial charge on any atom is -0.351 e. The average molecular weight is 644 g/mol. The zero-order valence-corrected chi connectivity index (χ0v) is 25.1. The van der Waals surface area contributed by atoms with Gasteiger partial charge in [-0.15, -0.1) is 0 Å². The number of alkyl halides is 2. The molecule has 4 aromatic rings. The monoisotopic (exact) mass is 643 g/mol. The molecule has 2 N–H and O–H groups in total. The molecule has 2 fully saturated rings. The first-order chi connectivity index (χ1) is 22.1. The smallest absolute Gasteiger partial charge is 0.252 e. The number of nitrogens with zero attached hydrogens (tertiary/aromatic N) is 5. The van der Waals surface area contributed by atoms with Crippen LogP contribution in [0.2, 0.25) is 5.02 Å². The van der Waals surface area contributed by atoms with Gasteiger partial charge in [0, 0.05) is 72.0 Å². The molecular formula is C33H28ClF2N7O3. The highest BCUT2D eigenvalue weighted by molar-refractivity contribution is 6.31. The molecule has 0 bridgehead atoms. The molecule has 234 valence electrons. The quantitative estimate of drug-likeness (QED) is 0.245. The van der Waals surface area contributed by atoms with Gasteiger partial charge in [0.25, 0.3) is 5.92 Å². The highest BCUT2D eigenvalue weighted by atomic mass is 35.5. The summed E-state index contributed by atoms with van der Waals surface area (Å²) in [7, 11) is 0. The van der Waals surface area contributed by atoms with Crippen LogP contribution in [-0.2, 0) is 14.4 Å². The molecule has 2 atom stereocenters. The first-order valence-corrected chi connectivity index (χ1v) is 15.0. The van der Waals surface area contributed by atoms with E-state index in [1.807, 2.05) is 12.1 Å². The number of nitriles is 1. The second-order valence-electron chi connectivity index (χ2n) is 11.4. The Kier molecular flexibility index (Phi) is 8.51. The van der Waals surface area contributed by atoms with E-state index in [-0.39, 0.29) is 29.6 Å². The number of pyridine rings is 1. The van der Waals surface area contributed by atoms with Crippen LogP contribution in [-0.4, -0.2) is 50.9 Å². The van der Waals surface area contributed by atoms with Gasteiger partial charge in [-0.2, -0.15) is 10.4 Å². The van der Waals surface area contributed by atoms with Crippen LogP contribution in [0.15, 0.2) is 79.3 Å². The molecule has 3 heterocycles. The molecule has 10 nitrogen and oxygen atoms in total. The fourth-order valence-electron chi connectivity index (χ4n) is 5.99. The third-order valence-electron chi connectivity index (χ3n) is 8.22. The third-order valence-corrected chi connectivity index (χ3v) is 8.57. The number of hydrogen-bond acceptors (Lipinski definition) is 6. The molecule has 1 saturated heterocycles. The second-order valence-corrected chi connectivity index (χ2v) is 11.8. The van der Waals surface area contributed by atoms with Gasteiger partial charge in [-0.25, -0.2) is 13.8 Å². The summed E-state index contributed by atoms with van der Waals surface area (Å²) in [5.74, 6) is -4.05. The molecule has 1 aliphatic carbocycles. The Morgan fingerprint density at radius 2 is 1.96 bits per heavy atom. The predicted molar refractivity (Wildman–Crippen MR) is 166 cm³/mol. The first-order valence-electron chi connectivity index (χ1n) is 14.7. The topological polar surface area (TPSA) is 135 Å². The maximum absolute atomic E-state index is 14.6. The number of rotatable bonds is 9. The maximum atomic E-state index is 14.6. The van der Waals surface area contributed by atoms with Crippen LogP contribution in [0.3, 0.4) is 0 Å². The highest BCUT2D eigenvalue weighted by Crippen LogP contribution is 2.40. The molecule has 1 aliphatic heterocycles. The fraction of sp³-hybridized carbons (Fsp3) is 0.273. The number of amides is 3. The summed E-state index contributed by atoms with van der Waals surface area (Å²) < 4.78 is 27.5. The number of halogens is 3. The van der Waals surface area contributed by atoms with Crippen LogP contribution < -0.4 is 15.1 Å². The lowest BCUT2D eigenvalue weighted by Gasteiger charge is -2.38. The van der Waals surface area contributed by atoms with Gasteiger partial charge in [-0.1, -0.05) is 41.9 Å². The molecular weight excluding hydrogens is 616 g/mol. The molecule has 2 aliphatic rings. The summed E-state index contributed by atoms with van der Waals surface area (Å²) >= 11 is 6.62. The zero-order valence-electron chi connectivity index (χ0n) is 24.4. The van der Waals surface area contributed by atoms with E-state index in [0.29, 0.717) is 28.8 Å². The van der Waals surface area contributed by atoms with Gasteiger partial charge < -0.3 is 5.32 Å². The number of aromatic nitrogens is 3. The van der Waals surface area contributed by atoms with Gasteiger partial charge in [0.05, 0.1) is 17.8 Å². The Labute approximate surface area is 268 Å². The number of carbonyl (C=O) groups is 3. The predicted octanol–water partition coefficient (Wildman–Crippen LogP) is 5.57. The fourth-order valence-corrected chi connectivity index (χ4v) is 6.23. The van der Waals surface area contributed by atoms with Gasteiger partial charge >= 0.3 is 0 Å². The van der Waals surface area contributed by atoms with E-state index in [2.05, 4.69) is 20.5 Å². The van der Waals surface area contributed by atoms with Crippen LogP contribution in [0.1, 0.15) is 49.3 Å². The van der Waals surface area contributed by atoms with Gasteiger partial charge in [0.2, 0.25) is 17.7 Å². The minimum absolute atomic E-state index is 0.163. The molecule has 46 heavy (non-hydrogen) atoms. The highest BCUT2D eigenvalue weighted by Gasteiger charge is 2.47. The summed E-state index contributed by atoms with van der Waals surface area (Å²) in [6, 6.07) is 15.8. The lowest BCUT2D eigenvalue weighted by atomic mass is 9.87. The minimum atomic E-state index is -2.87. The Bertz CT molecular complexity index is 1820. The van der Waals surface area contributed by atoms with Crippen LogP contribution >= 0.6 is 11.6 Å². The molecule has 2 aromatic heterocycles. The van der Waals surface area contributed by atoms with E-state index in [9.17, 15) is 28.4 Å². The van der Waals surface area contributed by atoms with Crippen molar-refractivity contribution in [3.8, 4) is 17.2 Å². The first kappa shape index (κ1) is 30.9. The molecule has 3 amide bonds. The summed E-state index contributed by atoms with van der Waals surface area (Å²) in [5.41, 5.74) is 2.40. The normalized spacial score (nSPS) is 18.0. The molecule has 6 rings (SSSR count). The van der Waals surface area contributed by atoms with Gasteiger partial charge in [0.15, 0.2) is 0 Å². The van der Waals surface area contributed by atoms with Gasteiger partial charge in [-0.3, -0.25) is 29.3 Å². The van der Waals surface area contributed by atoms with E-state index < -0.39 is 48.7 Å². The van der Waals surface area contributed by atoms with Gasteiger partial charge in [-0.05, 0) is 42.3 Å². The van der Waals surface area contributed by atoms with Crippen molar-refractivity contribution in [3.63, 3.8) is 0 Å². The molecule has 13 heteroatoms. The largest absolute Gasteiger partial charge is 0.351 e. The van der Waals surface area contributed by atoms with Crippen molar-refractivity contribution >= 4 is 40.8 Å². The summed E-state index contributed by atoms with van der Waals surface area (Å²) in [5, 5.41) is 19.1. The van der Waals surface area contributed by atoms with Crippen molar-refractivity contribution in [2.24, 2.45) is 0 Å². The van der Waals surface area contributed by atoms with Crippen molar-refractivity contribution in [2.75, 3.05) is 9.80 Å². The molecule has 2 aromatic carbocycles. The SMILES string of the molecule is N#Cc1ccnc(N2C(=O)CC[C@H]2CC(=O)N(c2cccc(-c3cn[nH]c3)c2)[C@H](C(=O)NC2CC(F)(F)C2)c2ccccc2Cl)c1. The summed E-state index contributed by atoms with van der Waals surface area (Å²) in [4.78, 5) is 48.7. The lowest BCUT2D eigenvalue weighted by Crippen LogP contribution is -2.54. The maximum Gasteiger partial charge on any atom is 0.252 e. The molecule has 0 radical (unpaired) electrons. The van der Waals surface area contributed by atoms with Crippen LogP contribution in [0.25, 0.3) is 11.1 Å². The van der Waals surface area contributed by atoms with E-state index in [1.54, 1.807) is 54.9 Å². The molecule has 0 spiro atoms. The number of nitrogens with one attached hydrogen (secondary N) is 2. The number of benzene rings is 2. The number of aromatic amines is 1. The number of hydrogen-bond donors (Lipinski definition) is 2. The molecule has 1 saturated carbocycles. The van der Waals surface area contributed by atoms with Crippen LogP contribution in [0.5, 0.6) is 0 Å². The Morgan fingerprint density at radius 1 is 1.15 bits per heavy atom. The van der Waals surface area contributed by atoms with E-state index in [4.69, 9.17) is 11.6 Å². The Morgan fingerprint density at radius 3 is 2.67 bits per heavy atom. The summed E-state index contributed by atoms with van der Waals surface area (Å²) in [6.45, 7) is 0. The zero-order chi connectivity index (χ0) is 32.4. The van der Waals surface area contributed by atoms with Crippen molar-refractivity contribution in [1.29, 1.82) is 5.26 Å². The second kappa shape index (κ2) is 12.7. The lowest BCUT2D eigenvalue weighted by molar-refractivity contribution is -0.133. The van der Waals surface area contributed by atoms with Crippen molar-refractivity contribution in [1.82, 2.24) is 20.5 Å². The van der Waals surface area contributed by atoms with E-state index >= 15 is 0 Å². The van der Waals surface area contributed by atoms with Crippen molar-refractivity contribution in [2.45, 2.75) is 56.2 Å². The van der Waals surface area contributed by atoms with Crippen LogP contribution in [0.4, 0.5) is 20.3 Å². The van der Waals surface area contributed by atoms with Gasteiger partial charge in [0.1, 0.15) is 11.9 Å². The standard InChI is InChI=1S/C33H28ClF2N7O3/c34-27-7-2-1-6-26(27)31(32(46)41-23-15-33(35,36)16-23)43(24-5-3-4-21(13-24)22-18-39-40-19-22)30(45)14-25-8-9-29(44)42(25)28-12-20(17-37)10-11-38-28/h1-7,10-13,18-19,23,25,31H,8-9,14-16H2,(H,39,40)(H,41,46)/t25-,31-/m0/s1. The van der Waals surface area contributed by atoms with E-state index in [1.165, 1.54) is 28.1 Å². The summed E-state index contributed by atoms with van der Waals surface area (Å²) in [6.07, 6.45) is 4.01. The molecule has 0 unspecified atom stereocenters. The Hall–Kier alpha value is -5.15. The third kappa shape index (κ3) is 6.32.